The first kappa shape index (κ1) is 11.5. The lowest BCUT2D eigenvalue weighted by molar-refractivity contribution is -0.118. The minimum absolute atomic E-state index is 0.00393. The monoisotopic (exact) mass is 274 g/mol. The van der Waals surface area contributed by atoms with Gasteiger partial charge >= 0.3 is 0 Å². The first-order chi connectivity index (χ1) is 7.96. The summed E-state index contributed by atoms with van der Waals surface area (Å²) in [5.41, 5.74) is 0. The van der Waals surface area contributed by atoms with Gasteiger partial charge in [-0.25, -0.2) is 8.42 Å². The summed E-state index contributed by atoms with van der Waals surface area (Å²) in [5, 5.41) is 0.752. The van der Waals surface area contributed by atoms with Gasteiger partial charge in [-0.05, 0) is 12.8 Å². The molecule has 5 nitrogen and oxygen atoms in total. The standard InChI is InChI=1S/C10H14N2O3S2/c1-12-7-4-17(14,15)5-8(7)16-10(12)11-9(13)6-2-3-6/h6-8H,2-5H2,1H3/t7-,8+/m0/s1. The molecule has 1 aliphatic carbocycles. The quantitative estimate of drug-likeness (QED) is 0.679. The Bertz CT molecular complexity index is 496. The smallest absolute Gasteiger partial charge is 0.251 e. The highest BCUT2D eigenvalue weighted by Gasteiger charge is 2.47. The molecule has 0 radical (unpaired) electrons. The van der Waals surface area contributed by atoms with Gasteiger partial charge in [-0.15, -0.1) is 0 Å². The van der Waals surface area contributed by atoms with Crippen LogP contribution in [0.15, 0.2) is 4.99 Å². The lowest BCUT2D eigenvalue weighted by Crippen LogP contribution is -2.34. The number of amidine groups is 1. The molecule has 1 amide bonds. The lowest BCUT2D eigenvalue weighted by atomic mass is 10.2. The van der Waals surface area contributed by atoms with Crippen LogP contribution in [0.5, 0.6) is 0 Å². The Morgan fingerprint density at radius 1 is 1.41 bits per heavy atom. The molecule has 17 heavy (non-hydrogen) atoms. The van der Waals surface area contributed by atoms with E-state index >= 15 is 0 Å². The van der Waals surface area contributed by atoms with Gasteiger partial charge < -0.3 is 4.90 Å². The van der Waals surface area contributed by atoms with Crippen LogP contribution in [-0.4, -0.2) is 54.2 Å². The van der Waals surface area contributed by atoms with E-state index in [9.17, 15) is 13.2 Å². The first-order valence-corrected chi connectivity index (χ1v) is 8.39. The molecule has 3 aliphatic rings. The molecule has 2 aliphatic heterocycles. The summed E-state index contributed by atoms with van der Waals surface area (Å²) in [7, 11) is -1.07. The third kappa shape index (κ3) is 2.10. The van der Waals surface area contributed by atoms with Crippen molar-refractivity contribution in [2.45, 2.75) is 24.1 Å². The van der Waals surface area contributed by atoms with Gasteiger partial charge in [-0.2, -0.15) is 4.99 Å². The molecular formula is C10H14N2O3S2. The van der Waals surface area contributed by atoms with E-state index < -0.39 is 9.84 Å². The topological polar surface area (TPSA) is 66.8 Å². The average Bonchev–Trinajstić information content (AvgIpc) is 2.98. The second-order valence-corrected chi connectivity index (χ2v) is 8.28. The van der Waals surface area contributed by atoms with Gasteiger partial charge in [0.05, 0.1) is 17.5 Å². The predicted octanol–water partition coefficient (Wildman–Crippen LogP) is 0.123. The molecule has 0 spiro atoms. The SMILES string of the molecule is CN1C(=NC(=O)C2CC2)S[C@@H]2CS(=O)(=O)C[C@@H]21. The van der Waals surface area contributed by atoms with Crippen LogP contribution in [0, 0.1) is 5.92 Å². The van der Waals surface area contributed by atoms with E-state index in [1.54, 1.807) is 0 Å². The first-order valence-electron chi connectivity index (χ1n) is 5.69. The number of amides is 1. The third-order valence-corrected chi connectivity index (χ3v) is 6.76. The molecule has 3 rings (SSSR count). The summed E-state index contributed by atoms with van der Waals surface area (Å²) in [6.07, 6.45) is 1.90. The highest BCUT2D eigenvalue weighted by atomic mass is 32.2. The van der Waals surface area contributed by atoms with Gasteiger partial charge in [-0.1, -0.05) is 11.8 Å². The van der Waals surface area contributed by atoms with Gasteiger partial charge in [0.15, 0.2) is 15.0 Å². The Morgan fingerprint density at radius 2 is 2.12 bits per heavy atom. The molecular weight excluding hydrogens is 260 g/mol. The molecule has 0 aromatic carbocycles. The third-order valence-electron chi connectivity index (χ3n) is 3.46. The molecule has 2 saturated heterocycles. The van der Waals surface area contributed by atoms with E-state index in [4.69, 9.17) is 0 Å². The maximum absolute atomic E-state index is 11.6. The van der Waals surface area contributed by atoms with E-state index in [2.05, 4.69) is 4.99 Å². The van der Waals surface area contributed by atoms with Crippen molar-refractivity contribution in [3.63, 3.8) is 0 Å². The fraction of sp³-hybridized carbons (Fsp3) is 0.800. The van der Waals surface area contributed by atoms with Crippen LogP contribution in [0.1, 0.15) is 12.8 Å². The van der Waals surface area contributed by atoms with Crippen LogP contribution in [0.3, 0.4) is 0 Å². The van der Waals surface area contributed by atoms with Crippen LogP contribution in [0.4, 0.5) is 0 Å². The molecule has 7 heteroatoms. The summed E-state index contributed by atoms with van der Waals surface area (Å²) in [5.74, 6) is 0.490. The van der Waals surface area contributed by atoms with E-state index in [1.165, 1.54) is 11.8 Å². The minimum atomic E-state index is -2.90. The van der Waals surface area contributed by atoms with Crippen molar-refractivity contribution in [2.24, 2.45) is 10.9 Å². The van der Waals surface area contributed by atoms with Crippen LogP contribution >= 0.6 is 11.8 Å². The summed E-state index contributed by atoms with van der Waals surface area (Å²) < 4.78 is 23.0. The van der Waals surface area contributed by atoms with Gasteiger partial charge in [-0.3, -0.25) is 4.79 Å². The molecule has 1 saturated carbocycles. The van der Waals surface area contributed by atoms with Crippen molar-refractivity contribution in [1.82, 2.24) is 4.90 Å². The van der Waals surface area contributed by atoms with Crippen LogP contribution in [-0.2, 0) is 14.6 Å². The second-order valence-electron chi connectivity index (χ2n) is 4.92. The Balaban J connectivity index is 1.77. The van der Waals surface area contributed by atoms with Crippen LogP contribution < -0.4 is 0 Å². The zero-order valence-electron chi connectivity index (χ0n) is 9.50. The number of hydrogen-bond acceptors (Lipinski definition) is 4. The van der Waals surface area contributed by atoms with E-state index in [1.807, 2.05) is 11.9 Å². The zero-order valence-corrected chi connectivity index (χ0v) is 11.1. The molecule has 0 aromatic rings. The molecule has 2 atom stereocenters. The van der Waals surface area contributed by atoms with Crippen LogP contribution in [0.25, 0.3) is 0 Å². The molecule has 0 unspecified atom stereocenters. The number of thioether (sulfide) groups is 1. The average molecular weight is 274 g/mol. The van der Waals surface area contributed by atoms with Crippen molar-refractivity contribution in [3.05, 3.63) is 0 Å². The van der Waals surface area contributed by atoms with Crippen molar-refractivity contribution < 1.29 is 13.2 Å². The highest BCUT2D eigenvalue weighted by Crippen LogP contribution is 2.38. The predicted molar refractivity (Wildman–Crippen MR) is 66.7 cm³/mol. The number of sulfone groups is 1. The molecule has 0 bridgehead atoms. The number of aliphatic imine (C=N–C) groups is 1. The summed E-state index contributed by atoms with van der Waals surface area (Å²) in [6.45, 7) is 0. The molecule has 0 N–H and O–H groups in total. The number of nitrogens with zero attached hydrogens (tertiary/aromatic N) is 2. The summed E-state index contributed by atoms with van der Waals surface area (Å²) in [4.78, 5) is 17.6. The Kier molecular flexibility index (Phi) is 2.52. The second kappa shape index (κ2) is 3.71. The van der Waals surface area contributed by atoms with Gasteiger partial charge in [0.25, 0.3) is 5.91 Å². The maximum Gasteiger partial charge on any atom is 0.251 e. The molecule has 0 aromatic heterocycles. The van der Waals surface area contributed by atoms with E-state index in [0.29, 0.717) is 5.17 Å². The lowest BCUT2D eigenvalue weighted by Gasteiger charge is -2.17. The summed E-state index contributed by atoms with van der Waals surface area (Å²) >= 11 is 1.44. The van der Waals surface area contributed by atoms with Crippen molar-refractivity contribution >= 4 is 32.7 Å². The van der Waals surface area contributed by atoms with E-state index in [0.717, 1.165) is 12.8 Å². The van der Waals surface area contributed by atoms with Gasteiger partial charge in [0.1, 0.15) is 0 Å². The van der Waals surface area contributed by atoms with Gasteiger partial charge in [0.2, 0.25) is 0 Å². The Labute approximate surface area is 105 Å². The minimum Gasteiger partial charge on any atom is -0.349 e. The largest absolute Gasteiger partial charge is 0.349 e. The zero-order chi connectivity index (χ0) is 12.2. The van der Waals surface area contributed by atoms with Crippen molar-refractivity contribution in [1.29, 1.82) is 0 Å². The number of hydrogen-bond donors (Lipinski definition) is 0. The number of fused-ring (bicyclic) bond motifs is 1. The van der Waals surface area contributed by atoms with Crippen molar-refractivity contribution in [2.75, 3.05) is 18.6 Å². The number of rotatable bonds is 1. The Hall–Kier alpha value is -0.560. The molecule has 3 fully saturated rings. The van der Waals surface area contributed by atoms with Gasteiger partial charge in [0, 0.05) is 18.2 Å². The Morgan fingerprint density at radius 3 is 2.71 bits per heavy atom. The highest BCUT2D eigenvalue weighted by molar-refractivity contribution is 8.15. The van der Waals surface area contributed by atoms with Crippen LogP contribution in [0.2, 0.25) is 0 Å². The number of carbonyl (C=O) groups excluding carboxylic acids is 1. The van der Waals surface area contributed by atoms with Crippen molar-refractivity contribution in [3.8, 4) is 0 Å². The molecule has 94 valence electrons. The maximum atomic E-state index is 11.6. The number of carbonyl (C=O) groups is 1. The summed E-state index contributed by atoms with van der Waals surface area (Å²) in [6, 6.07) is -0.00393. The fourth-order valence-electron chi connectivity index (χ4n) is 2.25. The normalized spacial score (nSPS) is 37.5. The molecule has 2 heterocycles. The fourth-order valence-corrected chi connectivity index (χ4v) is 6.25. The van der Waals surface area contributed by atoms with E-state index in [-0.39, 0.29) is 34.6 Å².